The SMILES string of the molecule is C/C(=N/NC(=O)c1c(C)nc2ccccn12)c1ccc(Cl)cc1. The molecule has 2 heterocycles. The molecule has 1 N–H and O–H groups in total. The lowest BCUT2D eigenvalue weighted by molar-refractivity contribution is 0.0948. The molecule has 0 saturated heterocycles. The summed E-state index contributed by atoms with van der Waals surface area (Å²) in [7, 11) is 0. The first kappa shape index (κ1) is 15.2. The van der Waals surface area contributed by atoms with E-state index in [0.717, 1.165) is 11.2 Å². The maximum atomic E-state index is 12.4. The molecule has 2 aromatic heterocycles. The van der Waals surface area contributed by atoms with E-state index in [1.54, 1.807) is 29.7 Å². The van der Waals surface area contributed by atoms with Crippen LogP contribution >= 0.6 is 11.6 Å². The molecule has 1 amide bonds. The second-order valence-electron chi connectivity index (χ2n) is 5.12. The summed E-state index contributed by atoms with van der Waals surface area (Å²) in [6, 6.07) is 12.9. The monoisotopic (exact) mass is 326 g/mol. The number of nitrogens with zero attached hydrogens (tertiary/aromatic N) is 3. The van der Waals surface area contributed by atoms with E-state index in [9.17, 15) is 4.79 Å². The molecule has 6 heteroatoms. The van der Waals surface area contributed by atoms with Gasteiger partial charge in [-0.3, -0.25) is 9.20 Å². The van der Waals surface area contributed by atoms with Crippen LogP contribution in [0, 0.1) is 6.92 Å². The summed E-state index contributed by atoms with van der Waals surface area (Å²) < 4.78 is 1.75. The minimum atomic E-state index is -0.297. The van der Waals surface area contributed by atoms with E-state index in [-0.39, 0.29) is 5.91 Å². The average molecular weight is 327 g/mol. The van der Waals surface area contributed by atoms with Gasteiger partial charge in [-0.1, -0.05) is 29.8 Å². The minimum absolute atomic E-state index is 0.297. The molecular formula is C17H15ClN4O. The molecule has 3 rings (SSSR count). The van der Waals surface area contributed by atoms with E-state index in [1.807, 2.05) is 37.3 Å². The quantitative estimate of drug-likeness (QED) is 0.592. The van der Waals surface area contributed by atoms with Gasteiger partial charge in [0.1, 0.15) is 11.3 Å². The van der Waals surface area contributed by atoms with Crippen molar-refractivity contribution in [1.29, 1.82) is 0 Å². The van der Waals surface area contributed by atoms with Crippen molar-refractivity contribution in [2.75, 3.05) is 0 Å². The summed E-state index contributed by atoms with van der Waals surface area (Å²) in [5.41, 5.74) is 6.05. The highest BCUT2D eigenvalue weighted by Gasteiger charge is 2.15. The zero-order valence-electron chi connectivity index (χ0n) is 12.7. The molecule has 0 spiro atoms. The number of pyridine rings is 1. The largest absolute Gasteiger partial charge is 0.295 e. The van der Waals surface area contributed by atoms with Crippen molar-refractivity contribution in [2.45, 2.75) is 13.8 Å². The Morgan fingerprint density at radius 3 is 2.70 bits per heavy atom. The standard InChI is InChI=1S/C17H15ClN4O/c1-11(13-6-8-14(18)9-7-13)20-21-17(23)16-12(2)19-15-5-3-4-10-22(15)16/h3-10H,1-2H3,(H,21,23)/b20-11-. The fourth-order valence-electron chi connectivity index (χ4n) is 2.33. The van der Waals surface area contributed by atoms with Gasteiger partial charge in [0.2, 0.25) is 0 Å². The molecule has 0 aliphatic rings. The van der Waals surface area contributed by atoms with Crippen molar-refractivity contribution >= 4 is 28.9 Å². The fourth-order valence-corrected chi connectivity index (χ4v) is 2.46. The van der Waals surface area contributed by atoms with Crippen LogP contribution in [0.5, 0.6) is 0 Å². The molecule has 3 aromatic rings. The molecular weight excluding hydrogens is 312 g/mol. The van der Waals surface area contributed by atoms with Gasteiger partial charge in [-0.15, -0.1) is 0 Å². The third kappa shape index (κ3) is 3.10. The van der Waals surface area contributed by atoms with E-state index in [2.05, 4.69) is 15.5 Å². The van der Waals surface area contributed by atoms with Gasteiger partial charge in [0.15, 0.2) is 0 Å². The molecule has 0 atom stereocenters. The van der Waals surface area contributed by atoms with Crippen LogP contribution < -0.4 is 5.43 Å². The van der Waals surface area contributed by atoms with E-state index in [1.165, 1.54) is 0 Å². The number of amides is 1. The maximum Gasteiger partial charge on any atom is 0.290 e. The second-order valence-corrected chi connectivity index (χ2v) is 5.56. The number of carbonyl (C=O) groups is 1. The summed E-state index contributed by atoms with van der Waals surface area (Å²) in [5, 5.41) is 4.82. The van der Waals surface area contributed by atoms with Crippen LogP contribution in [0.3, 0.4) is 0 Å². The zero-order chi connectivity index (χ0) is 16.4. The number of fused-ring (bicyclic) bond motifs is 1. The fraction of sp³-hybridized carbons (Fsp3) is 0.118. The third-order valence-electron chi connectivity index (χ3n) is 3.51. The Morgan fingerprint density at radius 2 is 1.96 bits per heavy atom. The maximum absolute atomic E-state index is 12.4. The molecule has 1 aromatic carbocycles. The van der Waals surface area contributed by atoms with Gasteiger partial charge in [0.25, 0.3) is 5.91 Å². The van der Waals surface area contributed by atoms with Crippen molar-refractivity contribution in [1.82, 2.24) is 14.8 Å². The number of halogens is 1. The van der Waals surface area contributed by atoms with Gasteiger partial charge in [-0.2, -0.15) is 5.10 Å². The second kappa shape index (κ2) is 6.22. The zero-order valence-corrected chi connectivity index (χ0v) is 13.5. The molecule has 0 fully saturated rings. The number of hydrazone groups is 1. The molecule has 5 nitrogen and oxygen atoms in total. The number of benzene rings is 1. The molecule has 23 heavy (non-hydrogen) atoms. The Kier molecular flexibility index (Phi) is 4.12. The highest BCUT2D eigenvalue weighted by Crippen LogP contribution is 2.12. The predicted molar refractivity (Wildman–Crippen MR) is 91.1 cm³/mol. The summed E-state index contributed by atoms with van der Waals surface area (Å²) >= 11 is 5.87. The van der Waals surface area contributed by atoms with Crippen LogP contribution in [0.2, 0.25) is 5.02 Å². The van der Waals surface area contributed by atoms with Crippen LogP contribution in [-0.4, -0.2) is 21.0 Å². The van der Waals surface area contributed by atoms with Gasteiger partial charge in [0, 0.05) is 11.2 Å². The Hall–Kier alpha value is -2.66. The van der Waals surface area contributed by atoms with Gasteiger partial charge in [-0.25, -0.2) is 10.4 Å². The number of hydrogen-bond acceptors (Lipinski definition) is 3. The summed E-state index contributed by atoms with van der Waals surface area (Å²) in [4.78, 5) is 16.8. The lowest BCUT2D eigenvalue weighted by Crippen LogP contribution is -2.21. The highest BCUT2D eigenvalue weighted by atomic mass is 35.5. The van der Waals surface area contributed by atoms with Crippen LogP contribution in [0.25, 0.3) is 5.65 Å². The lowest BCUT2D eigenvalue weighted by atomic mass is 10.1. The van der Waals surface area contributed by atoms with Crippen molar-refractivity contribution in [3.63, 3.8) is 0 Å². The van der Waals surface area contributed by atoms with Crippen molar-refractivity contribution in [2.24, 2.45) is 5.10 Å². The number of nitrogens with one attached hydrogen (secondary N) is 1. The number of imidazole rings is 1. The van der Waals surface area contributed by atoms with Gasteiger partial charge < -0.3 is 0 Å². The first-order chi connectivity index (χ1) is 11.1. The Bertz CT molecular complexity index is 897. The summed E-state index contributed by atoms with van der Waals surface area (Å²) in [6.45, 7) is 3.63. The van der Waals surface area contributed by atoms with Crippen molar-refractivity contribution in [3.8, 4) is 0 Å². The highest BCUT2D eigenvalue weighted by molar-refractivity contribution is 6.30. The smallest absolute Gasteiger partial charge is 0.290 e. The average Bonchev–Trinajstić information content (AvgIpc) is 2.88. The first-order valence-corrected chi connectivity index (χ1v) is 7.48. The summed E-state index contributed by atoms with van der Waals surface area (Å²) in [6.07, 6.45) is 1.81. The summed E-state index contributed by atoms with van der Waals surface area (Å²) in [5.74, 6) is -0.297. The molecule has 116 valence electrons. The number of aryl methyl sites for hydroxylation is 1. The van der Waals surface area contributed by atoms with Gasteiger partial charge >= 0.3 is 0 Å². The lowest BCUT2D eigenvalue weighted by Gasteiger charge is -2.04. The van der Waals surface area contributed by atoms with E-state index >= 15 is 0 Å². The first-order valence-electron chi connectivity index (χ1n) is 7.10. The number of aromatic nitrogens is 2. The van der Waals surface area contributed by atoms with E-state index in [0.29, 0.717) is 22.1 Å². The molecule has 0 radical (unpaired) electrons. The number of hydrogen-bond donors (Lipinski definition) is 1. The number of carbonyl (C=O) groups excluding carboxylic acids is 1. The van der Waals surface area contributed by atoms with Crippen LogP contribution in [0.1, 0.15) is 28.7 Å². The third-order valence-corrected chi connectivity index (χ3v) is 3.76. The Labute approximate surface area is 138 Å². The van der Waals surface area contributed by atoms with Crippen molar-refractivity contribution in [3.05, 3.63) is 70.6 Å². The van der Waals surface area contributed by atoms with Crippen LogP contribution in [0.15, 0.2) is 53.8 Å². The minimum Gasteiger partial charge on any atom is -0.295 e. The van der Waals surface area contributed by atoms with Crippen LogP contribution in [0.4, 0.5) is 0 Å². The van der Waals surface area contributed by atoms with E-state index in [4.69, 9.17) is 11.6 Å². The molecule has 0 bridgehead atoms. The molecule has 0 unspecified atom stereocenters. The predicted octanol–water partition coefficient (Wildman–Crippen LogP) is 3.45. The molecule has 0 saturated carbocycles. The van der Waals surface area contributed by atoms with Gasteiger partial charge in [-0.05, 0) is 43.7 Å². The Balaban J connectivity index is 1.85. The van der Waals surface area contributed by atoms with E-state index < -0.39 is 0 Å². The number of rotatable bonds is 3. The van der Waals surface area contributed by atoms with Crippen LogP contribution in [-0.2, 0) is 0 Å². The molecule has 0 aliphatic heterocycles. The van der Waals surface area contributed by atoms with Gasteiger partial charge in [0.05, 0.1) is 11.4 Å². The molecule has 0 aliphatic carbocycles. The Morgan fingerprint density at radius 1 is 1.22 bits per heavy atom. The van der Waals surface area contributed by atoms with Crippen molar-refractivity contribution < 1.29 is 4.79 Å². The topological polar surface area (TPSA) is 58.8 Å². The normalized spacial score (nSPS) is 11.7.